The van der Waals surface area contributed by atoms with Crippen LogP contribution in [0.4, 0.5) is 9.59 Å². The van der Waals surface area contributed by atoms with E-state index in [1.54, 1.807) is 11.9 Å². The van der Waals surface area contributed by atoms with Crippen LogP contribution in [-0.4, -0.2) is 68.1 Å². The molecule has 0 radical (unpaired) electrons. The largest absolute Gasteiger partial charge is 0.444 e. The second kappa shape index (κ2) is 10.3. The molecule has 2 amide bonds. The zero-order valence-corrected chi connectivity index (χ0v) is 23.8. The zero-order valence-electron chi connectivity index (χ0n) is 22.6. The molecule has 1 aliphatic rings. The lowest BCUT2D eigenvalue weighted by Gasteiger charge is -2.41. The molecule has 0 spiro atoms. The summed E-state index contributed by atoms with van der Waals surface area (Å²) in [6.45, 7) is 23.3. The molecule has 0 aromatic carbocycles. The normalized spacial score (nSPS) is 22.3. The van der Waals surface area contributed by atoms with Crippen molar-refractivity contribution in [2.24, 2.45) is 11.3 Å². The van der Waals surface area contributed by atoms with Crippen LogP contribution in [0.15, 0.2) is 0 Å². The lowest BCUT2D eigenvalue weighted by Crippen LogP contribution is -2.53. The van der Waals surface area contributed by atoms with Gasteiger partial charge in [0, 0.05) is 20.1 Å². The molecule has 0 saturated carbocycles. The predicted octanol–water partition coefficient (Wildman–Crippen LogP) is 5.63. The van der Waals surface area contributed by atoms with Gasteiger partial charge >= 0.3 is 12.2 Å². The Morgan fingerprint density at radius 3 is 1.97 bits per heavy atom. The van der Waals surface area contributed by atoms with E-state index >= 15 is 0 Å². The third-order valence-corrected chi connectivity index (χ3v) is 6.43. The van der Waals surface area contributed by atoms with Gasteiger partial charge < -0.3 is 18.8 Å². The Labute approximate surface area is 197 Å². The Morgan fingerprint density at radius 2 is 1.53 bits per heavy atom. The average molecular weight is 473 g/mol. The molecule has 1 fully saturated rings. The molecular formula is C24H48N2O5Si. The maximum absolute atomic E-state index is 13.2. The predicted molar refractivity (Wildman–Crippen MR) is 131 cm³/mol. The molecule has 0 N–H and O–H groups in total. The SMILES string of the molecule is CN(CCC[C@@]1(O[SiH](C)C)C[C@H](C(C)(C)C)CN1C(=O)OC(C)(C)C)C(=O)OC(C)(C)C. The molecule has 0 bridgehead atoms. The van der Waals surface area contributed by atoms with Crippen molar-refractivity contribution in [3.63, 3.8) is 0 Å². The number of likely N-dealkylation sites (tertiary alicyclic amines) is 1. The summed E-state index contributed by atoms with van der Waals surface area (Å²) in [6, 6.07) is 0. The Bertz CT molecular complexity index is 648. The highest BCUT2D eigenvalue weighted by Gasteiger charge is 2.52. The fourth-order valence-electron chi connectivity index (χ4n) is 3.95. The van der Waals surface area contributed by atoms with Crippen LogP contribution < -0.4 is 0 Å². The molecule has 0 unspecified atom stereocenters. The summed E-state index contributed by atoms with van der Waals surface area (Å²) in [5.41, 5.74) is -1.76. The fraction of sp³-hybridized carbons (Fsp3) is 0.917. The summed E-state index contributed by atoms with van der Waals surface area (Å²) in [4.78, 5) is 29.0. The molecule has 1 rings (SSSR count). The third-order valence-electron chi connectivity index (χ3n) is 5.52. The van der Waals surface area contributed by atoms with Gasteiger partial charge in [-0.2, -0.15) is 0 Å². The number of rotatable bonds is 6. The molecule has 2 atom stereocenters. The minimum Gasteiger partial charge on any atom is -0.444 e. The van der Waals surface area contributed by atoms with Crippen molar-refractivity contribution in [1.82, 2.24) is 9.80 Å². The number of ether oxygens (including phenoxy) is 2. The molecule has 8 heteroatoms. The van der Waals surface area contributed by atoms with E-state index in [2.05, 4.69) is 33.9 Å². The summed E-state index contributed by atoms with van der Waals surface area (Å²) >= 11 is 0. The molecular weight excluding hydrogens is 424 g/mol. The van der Waals surface area contributed by atoms with Crippen LogP contribution in [0, 0.1) is 11.3 Å². The molecule has 188 valence electrons. The van der Waals surface area contributed by atoms with Gasteiger partial charge in [-0.1, -0.05) is 20.8 Å². The quantitative estimate of drug-likeness (QED) is 0.468. The summed E-state index contributed by atoms with van der Waals surface area (Å²) in [6.07, 6.45) is 1.47. The van der Waals surface area contributed by atoms with E-state index in [0.717, 1.165) is 6.42 Å². The van der Waals surface area contributed by atoms with Crippen LogP contribution in [0.5, 0.6) is 0 Å². The van der Waals surface area contributed by atoms with Crippen LogP contribution in [0.25, 0.3) is 0 Å². The molecule has 7 nitrogen and oxygen atoms in total. The maximum Gasteiger partial charge on any atom is 0.412 e. The van der Waals surface area contributed by atoms with E-state index in [0.29, 0.717) is 31.8 Å². The number of hydrogen-bond acceptors (Lipinski definition) is 5. The highest BCUT2D eigenvalue weighted by molar-refractivity contribution is 6.48. The van der Waals surface area contributed by atoms with Crippen molar-refractivity contribution in [3.05, 3.63) is 0 Å². The zero-order chi connectivity index (χ0) is 25.1. The van der Waals surface area contributed by atoms with Crippen molar-refractivity contribution >= 4 is 21.2 Å². The van der Waals surface area contributed by atoms with Crippen LogP contribution in [-0.2, 0) is 13.9 Å². The van der Waals surface area contributed by atoms with Gasteiger partial charge in [0.05, 0.1) is 0 Å². The van der Waals surface area contributed by atoms with Crippen LogP contribution in [0.1, 0.15) is 81.6 Å². The van der Waals surface area contributed by atoms with Crippen molar-refractivity contribution in [3.8, 4) is 0 Å². The van der Waals surface area contributed by atoms with Gasteiger partial charge in [0.1, 0.15) is 16.9 Å². The standard InChI is InChI=1S/C24H48N2O5Si/c1-21(2,3)18-16-24(31-32(11)12,26(17-18)20(28)30-23(7,8)9)14-13-15-25(10)19(27)29-22(4,5)6/h18,32H,13-17H2,1-12H3/t18-,24+/m0/s1. The van der Waals surface area contributed by atoms with E-state index in [1.807, 2.05) is 46.4 Å². The van der Waals surface area contributed by atoms with E-state index in [4.69, 9.17) is 13.9 Å². The van der Waals surface area contributed by atoms with Crippen molar-refractivity contribution < 1.29 is 23.5 Å². The highest BCUT2D eigenvalue weighted by Crippen LogP contribution is 2.46. The number of amides is 2. The van der Waals surface area contributed by atoms with Crippen LogP contribution in [0.2, 0.25) is 13.1 Å². The van der Waals surface area contributed by atoms with Crippen LogP contribution >= 0.6 is 0 Å². The Morgan fingerprint density at radius 1 is 1.00 bits per heavy atom. The molecule has 1 heterocycles. The second-order valence-electron chi connectivity index (χ2n) is 12.5. The first-order valence-corrected chi connectivity index (χ1v) is 14.7. The third kappa shape index (κ3) is 8.93. The Kier molecular flexibility index (Phi) is 9.28. The van der Waals surface area contributed by atoms with E-state index in [-0.39, 0.29) is 17.6 Å². The van der Waals surface area contributed by atoms with Gasteiger partial charge in [0.15, 0.2) is 9.04 Å². The molecule has 1 aliphatic heterocycles. The monoisotopic (exact) mass is 472 g/mol. The highest BCUT2D eigenvalue weighted by atomic mass is 28.3. The second-order valence-corrected chi connectivity index (χ2v) is 14.8. The van der Waals surface area contributed by atoms with Gasteiger partial charge in [-0.25, -0.2) is 9.59 Å². The fourth-order valence-corrected chi connectivity index (χ4v) is 5.17. The molecule has 0 aromatic rings. The Balaban J connectivity index is 3.08. The van der Waals surface area contributed by atoms with Crippen molar-refractivity contribution in [1.29, 1.82) is 0 Å². The van der Waals surface area contributed by atoms with Crippen molar-refractivity contribution in [2.75, 3.05) is 20.1 Å². The molecule has 32 heavy (non-hydrogen) atoms. The molecule has 0 aliphatic carbocycles. The number of carbonyl (C=O) groups excluding carboxylic acids is 2. The van der Waals surface area contributed by atoms with Crippen molar-refractivity contribution in [2.45, 2.75) is 112 Å². The van der Waals surface area contributed by atoms with E-state index < -0.39 is 26.0 Å². The number of hydrogen-bond donors (Lipinski definition) is 0. The Hall–Kier alpha value is -1.28. The minimum atomic E-state index is -1.48. The van der Waals surface area contributed by atoms with Gasteiger partial charge in [-0.15, -0.1) is 0 Å². The first kappa shape index (κ1) is 28.7. The molecule has 1 saturated heterocycles. The summed E-state index contributed by atoms with van der Waals surface area (Å²) in [5.74, 6) is 0.298. The minimum absolute atomic E-state index is 0.0389. The van der Waals surface area contributed by atoms with Gasteiger partial charge in [-0.05, 0) is 85.2 Å². The van der Waals surface area contributed by atoms with E-state index in [9.17, 15) is 9.59 Å². The van der Waals surface area contributed by atoms with Crippen LogP contribution in [0.3, 0.4) is 0 Å². The first-order valence-electron chi connectivity index (χ1n) is 11.9. The average Bonchev–Trinajstić information content (AvgIpc) is 2.90. The summed E-state index contributed by atoms with van der Waals surface area (Å²) in [5, 5.41) is 0. The number of carbonyl (C=O) groups is 2. The first-order chi connectivity index (χ1) is 14.3. The summed E-state index contributed by atoms with van der Waals surface area (Å²) in [7, 11) is 0.272. The van der Waals surface area contributed by atoms with Gasteiger partial charge in [-0.3, -0.25) is 4.90 Å². The topological polar surface area (TPSA) is 68.3 Å². The smallest absolute Gasteiger partial charge is 0.412 e. The number of nitrogens with zero attached hydrogens (tertiary/aromatic N) is 2. The summed E-state index contributed by atoms with van der Waals surface area (Å²) < 4.78 is 17.9. The lowest BCUT2D eigenvalue weighted by molar-refractivity contribution is -0.0748. The van der Waals surface area contributed by atoms with Gasteiger partial charge in [0.2, 0.25) is 0 Å². The van der Waals surface area contributed by atoms with Gasteiger partial charge in [0.25, 0.3) is 0 Å². The lowest BCUT2D eigenvalue weighted by atomic mass is 9.78. The molecule has 0 aromatic heterocycles. The maximum atomic E-state index is 13.2. The van der Waals surface area contributed by atoms with E-state index in [1.165, 1.54) is 0 Å².